The van der Waals surface area contributed by atoms with Gasteiger partial charge < -0.3 is 0 Å². The van der Waals surface area contributed by atoms with Gasteiger partial charge in [-0.3, -0.25) is 10.3 Å². The first-order chi connectivity index (χ1) is 8.81. The van der Waals surface area contributed by atoms with Crippen LogP contribution in [0.3, 0.4) is 0 Å². The van der Waals surface area contributed by atoms with Gasteiger partial charge in [0, 0.05) is 18.4 Å². The number of hydrogen-bond donors (Lipinski definition) is 1. The third-order valence-electron chi connectivity index (χ3n) is 2.89. The molecule has 1 aromatic heterocycles. The molecule has 0 aliphatic heterocycles. The number of nitrogens with zero attached hydrogens (tertiary/aromatic N) is 2. The molecule has 1 heterocycles. The van der Waals surface area contributed by atoms with E-state index in [1.807, 2.05) is 18.3 Å². The van der Waals surface area contributed by atoms with Crippen molar-refractivity contribution in [2.45, 2.75) is 13.0 Å². The van der Waals surface area contributed by atoms with E-state index in [0.717, 1.165) is 11.1 Å². The van der Waals surface area contributed by atoms with Crippen molar-refractivity contribution >= 4 is 0 Å². The first kappa shape index (κ1) is 12.3. The Bertz CT molecular complexity index is 526. The Morgan fingerprint density at radius 2 is 2.00 bits per heavy atom. The van der Waals surface area contributed by atoms with Crippen LogP contribution in [0.5, 0.6) is 0 Å². The summed E-state index contributed by atoms with van der Waals surface area (Å²) in [5.74, 6) is 0. The van der Waals surface area contributed by atoms with E-state index in [1.165, 1.54) is 5.56 Å². The normalized spacial score (nSPS) is 11.8. The molecule has 2 rings (SSSR count). The third-order valence-corrected chi connectivity index (χ3v) is 2.89. The predicted molar refractivity (Wildman–Crippen MR) is 71.7 cm³/mol. The van der Waals surface area contributed by atoms with Crippen LogP contribution in [-0.4, -0.2) is 11.5 Å². The van der Waals surface area contributed by atoms with E-state index in [1.54, 1.807) is 6.20 Å². The summed E-state index contributed by atoms with van der Waals surface area (Å²) in [4.78, 5) is 4.11. The van der Waals surface area contributed by atoms with Crippen molar-refractivity contribution in [1.29, 1.82) is 5.26 Å². The molecule has 1 aromatic carbocycles. The molecule has 0 fully saturated rings. The number of pyridine rings is 1. The molecule has 2 aromatic rings. The van der Waals surface area contributed by atoms with Gasteiger partial charge >= 0.3 is 0 Å². The van der Waals surface area contributed by atoms with Gasteiger partial charge in [-0.15, -0.1) is 0 Å². The van der Waals surface area contributed by atoms with E-state index in [0.29, 0.717) is 6.54 Å². The lowest BCUT2D eigenvalue weighted by Crippen LogP contribution is -2.18. The van der Waals surface area contributed by atoms with E-state index in [4.69, 9.17) is 5.26 Å². The fourth-order valence-electron chi connectivity index (χ4n) is 1.81. The van der Waals surface area contributed by atoms with Gasteiger partial charge in [-0.2, -0.15) is 5.26 Å². The monoisotopic (exact) mass is 237 g/mol. The van der Waals surface area contributed by atoms with Crippen LogP contribution in [0.2, 0.25) is 0 Å². The second-order valence-corrected chi connectivity index (χ2v) is 4.12. The van der Waals surface area contributed by atoms with Crippen LogP contribution in [0.4, 0.5) is 0 Å². The van der Waals surface area contributed by atoms with Crippen molar-refractivity contribution in [2.24, 2.45) is 0 Å². The highest BCUT2D eigenvalue weighted by molar-refractivity contribution is 5.62. The smallest absolute Gasteiger partial charge is 0.0845 e. The molecule has 0 aliphatic rings. The van der Waals surface area contributed by atoms with E-state index >= 15 is 0 Å². The van der Waals surface area contributed by atoms with Crippen molar-refractivity contribution in [3.05, 3.63) is 54.4 Å². The fourth-order valence-corrected chi connectivity index (χ4v) is 1.81. The predicted octanol–water partition coefficient (Wildman–Crippen LogP) is 2.92. The van der Waals surface area contributed by atoms with E-state index < -0.39 is 0 Å². The Morgan fingerprint density at radius 1 is 1.22 bits per heavy atom. The largest absolute Gasteiger partial charge is 0.298 e. The molecule has 3 heteroatoms. The minimum Gasteiger partial charge on any atom is -0.298 e. The summed E-state index contributed by atoms with van der Waals surface area (Å²) in [7, 11) is 0. The molecule has 0 amide bonds. The number of rotatable bonds is 4. The third kappa shape index (κ3) is 2.93. The topological polar surface area (TPSA) is 48.7 Å². The van der Waals surface area contributed by atoms with Crippen LogP contribution in [-0.2, 0) is 0 Å². The summed E-state index contributed by atoms with van der Waals surface area (Å²) in [6.07, 6.45) is 3.62. The lowest BCUT2D eigenvalue weighted by atomic mass is 10.0. The Kier molecular flexibility index (Phi) is 4.06. The zero-order valence-electron chi connectivity index (χ0n) is 10.3. The zero-order valence-corrected chi connectivity index (χ0v) is 10.3. The molecule has 0 saturated heterocycles. The van der Waals surface area contributed by atoms with Crippen molar-refractivity contribution in [3.8, 4) is 17.2 Å². The highest BCUT2D eigenvalue weighted by Crippen LogP contribution is 2.20. The summed E-state index contributed by atoms with van der Waals surface area (Å²) >= 11 is 0. The standard InChI is InChI=1S/C15H15N3/c1-12(18-10-8-16)13-4-6-14(7-5-13)15-3-2-9-17-11-15/h2-7,9,11-12,18H,10H2,1H3/t12-/m0/s1. The number of nitriles is 1. The van der Waals surface area contributed by atoms with E-state index in [-0.39, 0.29) is 6.04 Å². The molecule has 0 saturated carbocycles. The maximum atomic E-state index is 8.54. The number of aromatic nitrogens is 1. The van der Waals surface area contributed by atoms with Gasteiger partial charge in [0.05, 0.1) is 12.6 Å². The molecule has 1 atom stereocenters. The Balaban J connectivity index is 2.13. The molecule has 18 heavy (non-hydrogen) atoms. The maximum Gasteiger partial charge on any atom is 0.0845 e. The highest BCUT2D eigenvalue weighted by atomic mass is 14.9. The summed E-state index contributed by atoms with van der Waals surface area (Å²) in [6, 6.07) is 14.6. The molecule has 0 unspecified atom stereocenters. The molecule has 90 valence electrons. The van der Waals surface area contributed by atoms with Gasteiger partial charge in [0.1, 0.15) is 0 Å². The van der Waals surface area contributed by atoms with Crippen molar-refractivity contribution < 1.29 is 0 Å². The van der Waals surface area contributed by atoms with Crippen molar-refractivity contribution in [3.63, 3.8) is 0 Å². The molecule has 0 bridgehead atoms. The Labute approximate surface area is 107 Å². The first-order valence-corrected chi connectivity index (χ1v) is 5.92. The molecular weight excluding hydrogens is 222 g/mol. The minimum absolute atomic E-state index is 0.188. The SMILES string of the molecule is C[C@H](NCC#N)c1ccc(-c2cccnc2)cc1. The average molecular weight is 237 g/mol. The lowest BCUT2D eigenvalue weighted by molar-refractivity contribution is 0.621. The zero-order chi connectivity index (χ0) is 12.8. The fraction of sp³-hybridized carbons (Fsp3) is 0.200. The van der Waals surface area contributed by atoms with Crippen LogP contribution in [0.15, 0.2) is 48.8 Å². The lowest BCUT2D eigenvalue weighted by Gasteiger charge is -2.12. The molecule has 3 nitrogen and oxygen atoms in total. The number of nitrogens with one attached hydrogen (secondary N) is 1. The second kappa shape index (κ2) is 5.95. The second-order valence-electron chi connectivity index (χ2n) is 4.12. The quantitative estimate of drug-likeness (QED) is 0.832. The van der Waals surface area contributed by atoms with Crippen molar-refractivity contribution in [1.82, 2.24) is 10.3 Å². The van der Waals surface area contributed by atoms with Gasteiger partial charge in [0.15, 0.2) is 0 Å². The van der Waals surface area contributed by atoms with Gasteiger partial charge in [-0.25, -0.2) is 0 Å². The first-order valence-electron chi connectivity index (χ1n) is 5.92. The average Bonchev–Trinajstić information content (AvgIpc) is 2.46. The summed E-state index contributed by atoms with van der Waals surface area (Å²) in [5.41, 5.74) is 3.44. The van der Waals surface area contributed by atoms with Crippen molar-refractivity contribution in [2.75, 3.05) is 6.54 Å². The summed E-state index contributed by atoms with van der Waals surface area (Å²) in [5, 5.41) is 11.7. The molecule has 0 radical (unpaired) electrons. The van der Waals surface area contributed by atoms with E-state index in [2.05, 4.69) is 47.6 Å². The van der Waals surface area contributed by atoms with Crippen LogP contribution in [0, 0.1) is 11.3 Å². The minimum atomic E-state index is 0.188. The molecular formula is C15H15N3. The van der Waals surface area contributed by atoms with Gasteiger partial charge in [0.2, 0.25) is 0 Å². The molecule has 0 spiro atoms. The number of benzene rings is 1. The van der Waals surface area contributed by atoms with E-state index in [9.17, 15) is 0 Å². The summed E-state index contributed by atoms with van der Waals surface area (Å²) < 4.78 is 0. The van der Waals surface area contributed by atoms with Gasteiger partial charge in [-0.05, 0) is 29.7 Å². The number of hydrogen-bond acceptors (Lipinski definition) is 3. The van der Waals surface area contributed by atoms with Crippen LogP contribution >= 0.6 is 0 Å². The van der Waals surface area contributed by atoms with Crippen LogP contribution in [0.1, 0.15) is 18.5 Å². The molecule has 1 N–H and O–H groups in total. The molecule has 0 aliphatic carbocycles. The van der Waals surface area contributed by atoms with Crippen LogP contribution in [0.25, 0.3) is 11.1 Å². The highest BCUT2D eigenvalue weighted by Gasteiger charge is 2.04. The maximum absolute atomic E-state index is 8.54. The van der Waals surface area contributed by atoms with Gasteiger partial charge in [-0.1, -0.05) is 30.3 Å². The Hall–Kier alpha value is -2.18. The summed E-state index contributed by atoms with van der Waals surface area (Å²) in [6.45, 7) is 2.42. The van der Waals surface area contributed by atoms with Crippen LogP contribution < -0.4 is 5.32 Å². The van der Waals surface area contributed by atoms with Gasteiger partial charge in [0.25, 0.3) is 0 Å². The Morgan fingerprint density at radius 3 is 2.61 bits per heavy atom.